The molecule has 0 aliphatic heterocycles. The molecule has 0 atom stereocenters. The first-order valence-electron chi connectivity index (χ1n) is 4.53. The third kappa shape index (κ3) is 1.68. The molecular formula is C10H11FN4. The Balaban J connectivity index is 2.54. The van der Waals surface area contributed by atoms with Gasteiger partial charge in [0.1, 0.15) is 17.5 Å². The van der Waals surface area contributed by atoms with Gasteiger partial charge in [0.15, 0.2) is 0 Å². The molecule has 2 N–H and O–H groups in total. The van der Waals surface area contributed by atoms with Crippen LogP contribution in [0.1, 0.15) is 11.6 Å². The van der Waals surface area contributed by atoms with Crippen LogP contribution in [0, 0.1) is 19.7 Å². The summed E-state index contributed by atoms with van der Waals surface area (Å²) < 4.78 is 14.8. The van der Waals surface area contributed by atoms with Crippen LogP contribution in [0.3, 0.4) is 0 Å². The van der Waals surface area contributed by atoms with Crippen molar-refractivity contribution in [3.63, 3.8) is 0 Å². The van der Waals surface area contributed by atoms with E-state index in [-0.39, 0.29) is 5.69 Å². The average molecular weight is 206 g/mol. The summed E-state index contributed by atoms with van der Waals surface area (Å²) in [6.07, 6.45) is 0. The Hall–Kier alpha value is -1.91. The molecule has 0 amide bonds. The minimum Gasteiger partial charge on any atom is -0.396 e. The van der Waals surface area contributed by atoms with E-state index in [1.54, 1.807) is 17.7 Å². The predicted octanol–water partition coefficient (Wildman–Crippen LogP) is 1.61. The van der Waals surface area contributed by atoms with Crippen molar-refractivity contribution in [2.45, 2.75) is 13.8 Å². The van der Waals surface area contributed by atoms with Crippen molar-refractivity contribution >= 4 is 5.69 Å². The Kier molecular flexibility index (Phi) is 2.15. The van der Waals surface area contributed by atoms with Gasteiger partial charge in [-0.05, 0) is 26.0 Å². The van der Waals surface area contributed by atoms with E-state index in [1.165, 1.54) is 12.1 Å². The molecule has 4 nitrogen and oxygen atoms in total. The summed E-state index contributed by atoms with van der Waals surface area (Å²) in [7, 11) is 0. The number of aromatic nitrogens is 3. The summed E-state index contributed by atoms with van der Waals surface area (Å²) in [5.74, 6) is 0.932. The molecule has 2 aromatic rings. The van der Waals surface area contributed by atoms with Crippen molar-refractivity contribution in [1.29, 1.82) is 0 Å². The van der Waals surface area contributed by atoms with E-state index in [2.05, 4.69) is 10.1 Å². The second kappa shape index (κ2) is 3.34. The largest absolute Gasteiger partial charge is 0.396 e. The molecule has 0 bridgehead atoms. The molecule has 0 saturated heterocycles. The van der Waals surface area contributed by atoms with Gasteiger partial charge in [-0.3, -0.25) is 0 Å². The molecule has 5 heteroatoms. The van der Waals surface area contributed by atoms with Crippen LogP contribution in [-0.2, 0) is 0 Å². The highest BCUT2D eigenvalue weighted by atomic mass is 19.1. The molecule has 0 aliphatic rings. The highest BCUT2D eigenvalue weighted by Crippen LogP contribution is 2.15. The lowest BCUT2D eigenvalue weighted by Gasteiger charge is -2.03. The van der Waals surface area contributed by atoms with Crippen LogP contribution in [0.25, 0.3) is 5.69 Å². The number of nitrogen functional groups attached to an aromatic ring is 1. The van der Waals surface area contributed by atoms with Crippen molar-refractivity contribution in [2.75, 3.05) is 5.73 Å². The molecule has 2 rings (SSSR count). The second-order valence-corrected chi connectivity index (χ2v) is 3.32. The quantitative estimate of drug-likeness (QED) is 0.721. The van der Waals surface area contributed by atoms with Crippen molar-refractivity contribution < 1.29 is 4.39 Å². The minimum absolute atomic E-state index is 0.133. The van der Waals surface area contributed by atoms with E-state index in [9.17, 15) is 4.39 Å². The van der Waals surface area contributed by atoms with Gasteiger partial charge >= 0.3 is 0 Å². The average Bonchev–Trinajstić information content (AvgIpc) is 2.50. The number of aryl methyl sites for hydroxylation is 2. The zero-order valence-electron chi connectivity index (χ0n) is 8.53. The van der Waals surface area contributed by atoms with E-state index >= 15 is 0 Å². The summed E-state index contributed by atoms with van der Waals surface area (Å²) >= 11 is 0. The van der Waals surface area contributed by atoms with Gasteiger partial charge in [-0.2, -0.15) is 5.10 Å². The number of hydrogen-bond acceptors (Lipinski definition) is 3. The third-order valence-corrected chi connectivity index (χ3v) is 2.10. The summed E-state index contributed by atoms with van der Waals surface area (Å²) in [6.45, 7) is 3.60. The molecule has 1 heterocycles. The lowest BCUT2D eigenvalue weighted by Crippen LogP contribution is -2.01. The van der Waals surface area contributed by atoms with Crippen LogP contribution in [0.4, 0.5) is 10.1 Å². The summed E-state index contributed by atoms with van der Waals surface area (Å²) in [4.78, 5) is 4.14. The first-order chi connectivity index (χ1) is 7.08. The first-order valence-corrected chi connectivity index (χ1v) is 4.53. The Morgan fingerprint density at radius 1 is 1.33 bits per heavy atom. The summed E-state index contributed by atoms with van der Waals surface area (Å²) in [5.41, 5.74) is 6.15. The van der Waals surface area contributed by atoms with E-state index in [0.29, 0.717) is 11.5 Å². The molecular weight excluding hydrogens is 195 g/mol. The van der Waals surface area contributed by atoms with Gasteiger partial charge < -0.3 is 5.73 Å². The van der Waals surface area contributed by atoms with E-state index in [0.717, 1.165) is 5.82 Å². The second-order valence-electron chi connectivity index (χ2n) is 3.32. The monoisotopic (exact) mass is 206 g/mol. The molecule has 1 aromatic carbocycles. The highest BCUT2D eigenvalue weighted by molar-refractivity contribution is 5.46. The smallest absolute Gasteiger partial charge is 0.148 e. The highest BCUT2D eigenvalue weighted by Gasteiger charge is 2.07. The Labute approximate surface area is 86.6 Å². The summed E-state index contributed by atoms with van der Waals surface area (Å²) in [6, 6.07) is 4.57. The Morgan fingerprint density at radius 2 is 2.07 bits per heavy atom. The van der Waals surface area contributed by atoms with Gasteiger partial charge in [-0.15, -0.1) is 0 Å². The normalized spacial score (nSPS) is 10.6. The fourth-order valence-electron chi connectivity index (χ4n) is 1.41. The third-order valence-electron chi connectivity index (χ3n) is 2.10. The maximum atomic E-state index is 13.2. The molecule has 15 heavy (non-hydrogen) atoms. The first kappa shape index (κ1) is 9.64. The fourth-order valence-corrected chi connectivity index (χ4v) is 1.41. The van der Waals surface area contributed by atoms with Crippen molar-refractivity contribution in [2.24, 2.45) is 0 Å². The Morgan fingerprint density at radius 3 is 2.60 bits per heavy atom. The molecule has 0 radical (unpaired) electrons. The minimum atomic E-state index is -0.444. The standard InChI is InChI=1S/C10H11FN4/c1-6-13-7(2)15(14-6)8-3-4-10(12)9(11)5-8/h3-5H,12H2,1-2H3. The maximum absolute atomic E-state index is 13.2. The molecule has 78 valence electrons. The van der Waals surface area contributed by atoms with Gasteiger partial charge in [-0.25, -0.2) is 14.1 Å². The number of nitrogens with zero attached hydrogens (tertiary/aromatic N) is 3. The van der Waals surface area contributed by atoms with Crippen molar-refractivity contribution in [3.8, 4) is 5.69 Å². The van der Waals surface area contributed by atoms with Crippen molar-refractivity contribution in [3.05, 3.63) is 35.7 Å². The Bertz CT molecular complexity index is 504. The number of hydrogen-bond donors (Lipinski definition) is 1. The fraction of sp³-hybridized carbons (Fsp3) is 0.200. The molecule has 0 unspecified atom stereocenters. The lowest BCUT2D eigenvalue weighted by atomic mass is 10.3. The topological polar surface area (TPSA) is 56.7 Å². The molecule has 0 spiro atoms. The van der Waals surface area contributed by atoms with E-state index in [1.807, 2.05) is 6.92 Å². The number of rotatable bonds is 1. The van der Waals surface area contributed by atoms with Crippen LogP contribution in [0.2, 0.25) is 0 Å². The number of benzene rings is 1. The predicted molar refractivity (Wildman–Crippen MR) is 55.2 cm³/mol. The van der Waals surface area contributed by atoms with E-state index in [4.69, 9.17) is 5.73 Å². The molecule has 0 saturated carbocycles. The van der Waals surface area contributed by atoms with E-state index < -0.39 is 5.82 Å². The molecule has 0 aliphatic carbocycles. The lowest BCUT2D eigenvalue weighted by molar-refractivity contribution is 0.629. The molecule has 1 aromatic heterocycles. The van der Waals surface area contributed by atoms with Gasteiger partial charge in [0.2, 0.25) is 0 Å². The van der Waals surface area contributed by atoms with Crippen molar-refractivity contribution in [1.82, 2.24) is 14.8 Å². The maximum Gasteiger partial charge on any atom is 0.148 e. The van der Waals surface area contributed by atoms with Crippen LogP contribution >= 0.6 is 0 Å². The van der Waals surface area contributed by atoms with Gasteiger partial charge in [0.05, 0.1) is 11.4 Å². The van der Waals surface area contributed by atoms with Gasteiger partial charge in [-0.1, -0.05) is 0 Å². The number of anilines is 1. The van der Waals surface area contributed by atoms with Crippen LogP contribution in [0.5, 0.6) is 0 Å². The van der Waals surface area contributed by atoms with Crippen LogP contribution in [0.15, 0.2) is 18.2 Å². The SMILES string of the molecule is Cc1nc(C)n(-c2ccc(N)c(F)c2)n1. The van der Waals surface area contributed by atoms with Gasteiger partial charge in [0.25, 0.3) is 0 Å². The van der Waals surface area contributed by atoms with Crippen LogP contribution in [-0.4, -0.2) is 14.8 Å². The number of halogens is 1. The van der Waals surface area contributed by atoms with Crippen LogP contribution < -0.4 is 5.73 Å². The zero-order valence-corrected chi connectivity index (χ0v) is 8.53. The zero-order chi connectivity index (χ0) is 11.0. The van der Waals surface area contributed by atoms with Gasteiger partial charge in [0, 0.05) is 6.07 Å². The molecule has 0 fully saturated rings. The summed E-state index contributed by atoms with van der Waals surface area (Å²) in [5, 5.41) is 4.15. The number of nitrogens with two attached hydrogens (primary N) is 1.